The van der Waals surface area contributed by atoms with E-state index in [0.717, 1.165) is 27.3 Å². The van der Waals surface area contributed by atoms with Crippen molar-refractivity contribution in [3.8, 4) is 0 Å². The second-order valence-electron chi connectivity index (χ2n) is 7.79. The van der Waals surface area contributed by atoms with E-state index in [4.69, 9.17) is 4.42 Å². The van der Waals surface area contributed by atoms with E-state index in [0.29, 0.717) is 16.5 Å². The number of benzene rings is 3. The normalized spacial score (nSPS) is 15.5. The summed E-state index contributed by atoms with van der Waals surface area (Å²) in [5, 5.41) is 0.510. The smallest absolute Gasteiger partial charge is 0.295 e. The summed E-state index contributed by atoms with van der Waals surface area (Å²) >= 11 is 1.65. The number of nitrogens with zero attached hydrogens (tertiary/aromatic N) is 1. The number of amides is 1. The van der Waals surface area contributed by atoms with Crippen LogP contribution in [0.5, 0.6) is 0 Å². The molecule has 0 aliphatic carbocycles. The molecular formula is C26H21NO3S. The Hall–Kier alpha value is -3.31. The first-order chi connectivity index (χ1) is 15.0. The van der Waals surface area contributed by atoms with Gasteiger partial charge in [-0.25, -0.2) is 0 Å². The molecule has 0 fully saturated rings. The molecule has 1 aliphatic rings. The number of rotatable bonds is 3. The highest BCUT2D eigenvalue weighted by atomic mass is 32.2. The van der Waals surface area contributed by atoms with Crippen LogP contribution in [0.3, 0.4) is 0 Å². The molecule has 4 nitrogen and oxygen atoms in total. The average molecular weight is 428 g/mol. The first-order valence-corrected chi connectivity index (χ1v) is 11.3. The number of fused-ring (bicyclic) bond motifs is 2. The maximum Gasteiger partial charge on any atom is 0.295 e. The number of anilines is 1. The Morgan fingerprint density at radius 2 is 1.58 bits per heavy atom. The fraction of sp³-hybridized carbons (Fsp3) is 0.154. The van der Waals surface area contributed by atoms with Gasteiger partial charge in [0.15, 0.2) is 5.43 Å². The van der Waals surface area contributed by atoms with Crippen molar-refractivity contribution in [1.82, 2.24) is 0 Å². The predicted octanol–water partition coefficient (Wildman–Crippen LogP) is 5.88. The number of carbonyl (C=O) groups excluding carboxylic acids is 1. The van der Waals surface area contributed by atoms with E-state index < -0.39 is 6.04 Å². The molecule has 1 atom stereocenters. The Kier molecular flexibility index (Phi) is 4.71. The third-order valence-corrected chi connectivity index (χ3v) is 6.70. The van der Waals surface area contributed by atoms with Gasteiger partial charge in [-0.3, -0.25) is 14.5 Å². The Bertz CT molecular complexity index is 1370. The summed E-state index contributed by atoms with van der Waals surface area (Å²) in [5.41, 5.74) is 4.35. The molecule has 5 rings (SSSR count). The second kappa shape index (κ2) is 7.43. The average Bonchev–Trinajstić information content (AvgIpc) is 3.08. The molecule has 0 bridgehead atoms. The first-order valence-electron chi connectivity index (χ1n) is 10.1. The molecule has 2 heterocycles. The lowest BCUT2D eigenvalue weighted by Gasteiger charge is -2.25. The maximum atomic E-state index is 13.7. The number of para-hydroxylation sites is 1. The fourth-order valence-corrected chi connectivity index (χ4v) is 4.59. The summed E-state index contributed by atoms with van der Waals surface area (Å²) in [6, 6.07) is 20.6. The lowest BCUT2D eigenvalue weighted by molar-refractivity contribution is 0.0971. The van der Waals surface area contributed by atoms with Crippen LogP contribution in [0, 0.1) is 13.8 Å². The summed E-state index contributed by atoms with van der Waals surface area (Å²) in [6.07, 6.45) is 2.02. The maximum absolute atomic E-state index is 13.7. The molecule has 3 aromatic carbocycles. The van der Waals surface area contributed by atoms with Crippen LogP contribution < -0.4 is 10.3 Å². The molecule has 1 unspecified atom stereocenters. The van der Waals surface area contributed by atoms with E-state index in [1.54, 1.807) is 16.7 Å². The summed E-state index contributed by atoms with van der Waals surface area (Å²) < 4.78 is 6.09. The number of hydrogen-bond acceptors (Lipinski definition) is 4. The molecule has 0 N–H and O–H groups in total. The van der Waals surface area contributed by atoms with Gasteiger partial charge in [0, 0.05) is 10.6 Å². The zero-order valence-corrected chi connectivity index (χ0v) is 18.3. The first kappa shape index (κ1) is 19.6. The van der Waals surface area contributed by atoms with E-state index in [2.05, 4.69) is 0 Å². The quantitative estimate of drug-likeness (QED) is 0.383. The Balaban J connectivity index is 1.81. The summed E-state index contributed by atoms with van der Waals surface area (Å²) in [6.45, 7) is 3.94. The van der Waals surface area contributed by atoms with Crippen LogP contribution >= 0.6 is 11.8 Å². The van der Waals surface area contributed by atoms with Crippen LogP contribution in [-0.2, 0) is 0 Å². The van der Waals surface area contributed by atoms with E-state index in [-0.39, 0.29) is 17.1 Å². The Morgan fingerprint density at radius 1 is 0.903 bits per heavy atom. The van der Waals surface area contributed by atoms with Crippen LogP contribution in [0.25, 0.3) is 11.0 Å². The molecular weight excluding hydrogens is 406 g/mol. The highest BCUT2D eigenvalue weighted by Gasteiger charge is 2.43. The van der Waals surface area contributed by atoms with Crippen LogP contribution in [0.4, 0.5) is 5.69 Å². The van der Waals surface area contributed by atoms with Crippen molar-refractivity contribution in [2.75, 3.05) is 11.2 Å². The van der Waals surface area contributed by atoms with Gasteiger partial charge in [-0.15, -0.1) is 11.8 Å². The van der Waals surface area contributed by atoms with Gasteiger partial charge in [0.2, 0.25) is 5.76 Å². The van der Waals surface area contributed by atoms with Crippen molar-refractivity contribution in [3.63, 3.8) is 0 Å². The van der Waals surface area contributed by atoms with E-state index in [1.807, 2.05) is 86.8 Å². The lowest BCUT2D eigenvalue weighted by atomic mass is 9.97. The molecule has 4 aromatic rings. The number of carbonyl (C=O) groups is 1. The van der Waals surface area contributed by atoms with Crippen LogP contribution in [0.1, 0.15) is 38.9 Å². The van der Waals surface area contributed by atoms with Crippen molar-refractivity contribution < 1.29 is 9.21 Å². The third-order valence-electron chi connectivity index (χ3n) is 5.95. The Morgan fingerprint density at radius 3 is 2.26 bits per heavy atom. The van der Waals surface area contributed by atoms with Gasteiger partial charge in [0.1, 0.15) is 5.58 Å². The van der Waals surface area contributed by atoms with Crippen LogP contribution in [0.2, 0.25) is 0 Å². The van der Waals surface area contributed by atoms with Crippen LogP contribution in [-0.4, -0.2) is 12.2 Å². The van der Waals surface area contributed by atoms with Crippen molar-refractivity contribution in [2.24, 2.45) is 0 Å². The summed E-state index contributed by atoms with van der Waals surface area (Å²) in [5.74, 6) is -0.166. The van der Waals surface area contributed by atoms with Crippen molar-refractivity contribution in [1.29, 1.82) is 0 Å². The van der Waals surface area contributed by atoms with Gasteiger partial charge in [-0.2, -0.15) is 0 Å². The lowest BCUT2D eigenvalue weighted by Crippen LogP contribution is -2.29. The third kappa shape index (κ3) is 3.08. The van der Waals surface area contributed by atoms with Gasteiger partial charge in [0.05, 0.1) is 17.0 Å². The van der Waals surface area contributed by atoms with E-state index in [1.165, 1.54) is 0 Å². The number of hydrogen-bond donors (Lipinski definition) is 0. The molecule has 154 valence electrons. The molecule has 0 saturated heterocycles. The van der Waals surface area contributed by atoms with Crippen molar-refractivity contribution >= 4 is 34.3 Å². The number of aryl methyl sites for hydroxylation is 2. The predicted molar refractivity (Wildman–Crippen MR) is 125 cm³/mol. The minimum Gasteiger partial charge on any atom is -0.450 e. The molecule has 1 aromatic heterocycles. The van der Waals surface area contributed by atoms with Gasteiger partial charge in [-0.05, 0) is 73.2 Å². The zero-order valence-electron chi connectivity index (χ0n) is 17.5. The minimum atomic E-state index is -0.539. The number of thioether (sulfide) groups is 1. The fourth-order valence-electron chi connectivity index (χ4n) is 4.18. The van der Waals surface area contributed by atoms with Gasteiger partial charge in [0.25, 0.3) is 5.91 Å². The standard InChI is InChI=1S/C26H21NO3S/c1-15-13-20-21(14-16(15)2)30-25-22(24(20)28)23(17-9-11-19(31-3)12-10-17)27(26(25)29)18-7-5-4-6-8-18/h4-14,23H,1-3H3. The summed E-state index contributed by atoms with van der Waals surface area (Å²) in [7, 11) is 0. The highest BCUT2D eigenvalue weighted by Crippen LogP contribution is 2.41. The van der Waals surface area contributed by atoms with Crippen LogP contribution in [0.15, 0.2) is 80.8 Å². The second-order valence-corrected chi connectivity index (χ2v) is 8.67. The zero-order chi connectivity index (χ0) is 21.7. The molecule has 1 amide bonds. The van der Waals surface area contributed by atoms with E-state index in [9.17, 15) is 9.59 Å². The molecule has 5 heteroatoms. The van der Waals surface area contributed by atoms with E-state index >= 15 is 0 Å². The van der Waals surface area contributed by atoms with Gasteiger partial charge < -0.3 is 4.42 Å². The van der Waals surface area contributed by atoms with Crippen molar-refractivity contribution in [3.05, 3.63) is 105 Å². The van der Waals surface area contributed by atoms with Crippen molar-refractivity contribution in [2.45, 2.75) is 24.8 Å². The Labute approximate surface area is 184 Å². The molecule has 0 saturated carbocycles. The summed E-state index contributed by atoms with van der Waals surface area (Å²) in [4.78, 5) is 30.0. The molecule has 0 radical (unpaired) electrons. The molecule has 1 aliphatic heterocycles. The van der Waals surface area contributed by atoms with Gasteiger partial charge in [-0.1, -0.05) is 30.3 Å². The largest absolute Gasteiger partial charge is 0.450 e. The highest BCUT2D eigenvalue weighted by molar-refractivity contribution is 7.98. The molecule has 31 heavy (non-hydrogen) atoms. The monoisotopic (exact) mass is 427 g/mol. The van der Waals surface area contributed by atoms with Gasteiger partial charge >= 0.3 is 0 Å². The topological polar surface area (TPSA) is 50.5 Å². The minimum absolute atomic E-state index is 0.128. The SMILES string of the molecule is CSc1ccc(C2c3c(oc4cc(C)c(C)cc4c3=O)C(=O)N2c2ccccc2)cc1. The molecule has 0 spiro atoms.